The Morgan fingerprint density at radius 3 is 2.50 bits per heavy atom. The largest absolute Gasteiger partial charge is 0.311 e. The molecule has 0 aliphatic carbocycles. The van der Waals surface area contributed by atoms with Gasteiger partial charge in [0.2, 0.25) is 0 Å². The van der Waals surface area contributed by atoms with E-state index in [2.05, 4.69) is 56.2 Å². The van der Waals surface area contributed by atoms with Crippen molar-refractivity contribution in [3.63, 3.8) is 0 Å². The van der Waals surface area contributed by atoms with Crippen LogP contribution >= 0.6 is 11.6 Å². The molecule has 0 bridgehead atoms. The van der Waals surface area contributed by atoms with Crippen LogP contribution < -0.4 is 5.32 Å². The topological polar surface area (TPSA) is 15.3 Å². The number of likely N-dealkylation sites (N-methyl/N-ethyl adjacent to an activating group) is 1. The molecule has 2 nitrogen and oxygen atoms in total. The lowest BCUT2D eigenvalue weighted by molar-refractivity contribution is 0.0873. The maximum absolute atomic E-state index is 6.33. The molecule has 0 radical (unpaired) electrons. The molecule has 0 amide bonds. The van der Waals surface area contributed by atoms with E-state index in [1.807, 2.05) is 0 Å². The summed E-state index contributed by atoms with van der Waals surface area (Å²) < 4.78 is 0. The van der Waals surface area contributed by atoms with Crippen LogP contribution in [-0.4, -0.2) is 30.6 Å². The van der Waals surface area contributed by atoms with E-state index in [-0.39, 0.29) is 5.54 Å². The summed E-state index contributed by atoms with van der Waals surface area (Å²) >= 11 is 6.33. The maximum atomic E-state index is 6.33. The molecular formula is C17H27ClN2. The van der Waals surface area contributed by atoms with Crippen molar-refractivity contribution >= 4 is 11.6 Å². The Hall–Kier alpha value is -0.570. The third-order valence-corrected chi connectivity index (χ3v) is 5.39. The van der Waals surface area contributed by atoms with Crippen molar-refractivity contribution in [1.29, 1.82) is 0 Å². The zero-order valence-electron chi connectivity index (χ0n) is 13.2. The third-order valence-electron chi connectivity index (χ3n) is 4.98. The van der Waals surface area contributed by atoms with E-state index in [0.717, 1.165) is 17.0 Å². The normalized spacial score (nSPS) is 20.9. The highest BCUT2D eigenvalue weighted by molar-refractivity contribution is 6.31. The summed E-state index contributed by atoms with van der Waals surface area (Å²) in [5.41, 5.74) is 2.58. The van der Waals surface area contributed by atoms with Gasteiger partial charge in [0, 0.05) is 10.6 Å². The van der Waals surface area contributed by atoms with Gasteiger partial charge >= 0.3 is 0 Å². The minimum atomic E-state index is 0.143. The standard InChI is InChI=1S/C17H27ClN2/c1-5-17(3,20-10-6-7-11-20)16(19-4)14-9-8-13(2)15(18)12-14/h8-9,12,16,19H,5-7,10-11H2,1-4H3. The minimum Gasteiger partial charge on any atom is -0.311 e. The molecule has 3 heteroatoms. The van der Waals surface area contributed by atoms with Crippen molar-refractivity contribution in [2.75, 3.05) is 20.1 Å². The van der Waals surface area contributed by atoms with E-state index in [1.54, 1.807) is 0 Å². The van der Waals surface area contributed by atoms with Crippen molar-refractivity contribution < 1.29 is 0 Å². The number of aryl methyl sites for hydroxylation is 1. The van der Waals surface area contributed by atoms with E-state index in [0.29, 0.717) is 6.04 Å². The highest BCUT2D eigenvalue weighted by Crippen LogP contribution is 2.37. The van der Waals surface area contributed by atoms with E-state index < -0.39 is 0 Å². The average Bonchev–Trinajstić information content (AvgIpc) is 2.98. The van der Waals surface area contributed by atoms with Gasteiger partial charge in [-0.15, -0.1) is 0 Å². The Bertz CT molecular complexity index is 454. The van der Waals surface area contributed by atoms with Crippen LogP contribution in [0.25, 0.3) is 0 Å². The van der Waals surface area contributed by atoms with Crippen molar-refractivity contribution in [3.05, 3.63) is 34.3 Å². The lowest BCUT2D eigenvalue weighted by Gasteiger charge is -2.44. The van der Waals surface area contributed by atoms with Crippen LogP contribution in [0.5, 0.6) is 0 Å². The fraction of sp³-hybridized carbons (Fsp3) is 0.647. The quantitative estimate of drug-likeness (QED) is 0.877. The van der Waals surface area contributed by atoms with E-state index >= 15 is 0 Å². The first-order valence-corrected chi connectivity index (χ1v) is 8.09. The average molecular weight is 295 g/mol. The molecule has 2 rings (SSSR count). The number of rotatable bonds is 5. The second-order valence-corrected chi connectivity index (χ2v) is 6.54. The van der Waals surface area contributed by atoms with Crippen LogP contribution in [0, 0.1) is 6.92 Å². The number of nitrogens with one attached hydrogen (secondary N) is 1. The van der Waals surface area contributed by atoms with Gasteiger partial charge in [0.1, 0.15) is 0 Å². The molecule has 20 heavy (non-hydrogen) atoms. The zero-order valence-corrected chi connectivity index (χ0v) is 13.9. The molecule has 1 aromatic rings. The molecule has 1 N–H and O–H groups in total. The molecule has 2 unspecified atom stereocenters. The predicted octanol–water partition coefficient (Wildman–Crippen LogP) is 4.17. The number of likely N-dealkylation sites (tertiary alicyclic amines) is 1. The molecule has 112 valence electrons. The van der Waals surface area contributed by atoms with Crippen molar-refractivity contribution in [2.45, 2.75) is 51.6 Å². The van der Waals surface area contributed by atoms with Crippen molar-refractivity contribution in [3.8, 4) is 0 Å². The van der Waals surface area contributed by atoms with Crippen LogP contribution in [0.1, 0.15) is 50.3 Å². The van der Waals surface area contributed by atoms with E-state index in [1.165, 1.54) is 31.5 Å². The van der Waals surface area contributed by atoms with Crippen LogP contribution in [0.15, 0.2) is 18.2 Å². The molecular weight excluding hydrogens is 268 g/mol. The zero-order chi connectivity index (χ0) is 14.8. The Morgan fingerprint density at radius 2 is 2.00 bits per heavy atom. The van der Waals surface area contributed by atoms with Gasteiger partial charge in [0.15, 0.2) is 0 Å². The molecule has 1 aliphatic heterocycles. The second-order valence-electron chi connectivity index (χ2n) is 6.14. The molecule has 1 aromatic carbocycles. The molecule has 0 saturated carbocycles. The molecule has 0 spiro atoms. The number of hydrogen-bond donors (Lipinski definition) is 1. The fourth-order valence-corrected chi connectivity index (χ4v) is 3.65. The molecule has 0 aromatic heterocycles. The summed E-state index contributed by atoms with van der Waals surface area (Å²) in [5.74, 6) is 0. The number of nitrogens with zero attached hydrogens (tertiary/aromatic N) is 1. The molecule has 2 atom stereocenters. The van der Waals surface area contributed by atoms with Gasteiger partial charge in [0.05, 0.1) is 6.04 Å². The van der Waals surface area contributed by atoms with Crippen LogP contribution in [0.2, 0.25) is 5.02 Å². The Kier molecular flexibility index (Phi) is 5.11. The lowest BCUT2D eigenvalue weighted by atomic mass is 9.83. The van der Waals surface area contributed by atoms with Crippen LogP contribution in [0.4, 0.5) is 0 Å². The number of hydrogen-bond acceptors (Lipinski definition) is 2. The molecule has 1 fully saturated rings. The summed E-state index contributed by atoms with van der Waals surface area (Å²) in [4.78, 5) is 2.64. The molecule has 1 heterocycles. The first-order chi connectivity index (χ1) is 9.52. The van der Waals surface area contributed by atoms with Gasteiger partial charge in [-0.05, 0) is 70.4 Å². The Labute approximate surface area is 128 Å². The van der Waals surface area contributed by atoms with Gasteiger partial charge in [-0.3, -0.25) is 4.90 Å². The maximum Gasteiger partial charge on any atom is 0.0502 e. The summed E-state index contributed by atoms with van der Waals surface area (Å²) in [7, 11) is 2.06. The van der Waals surface area contributed by atoms with E-state index in [9.17, 15) is 0 Å². The van der Waals surface area contributed by atoms with Gasteiger partial charge in [-0.2, -0.15) is 0 Å². The Balaban J connectivity index is 2.35. The highest BCUT2D eigenvalue weighted by Gasteiger charge is 2.39. The molecule has 1 aliphatic rings. The minimum absolute atomic E-state index is 0.143. The number of halogens is 1. The summed E-state index contributed by atoms with van der Waals surface area (Å²) in [6.45, 7) is 9.15. The third kappa shape index (κ3) is 2.88. The second kappa shape index (κ2) is 6.46. The van der Waals surface area contributed by atoms with Gasteiger partial charge in [0.25, 0.3) is 0 Å². The first-order valence-electron chi connectivity index (χ1n) is 7.71. The number of benzene rings is 1. The van der Waals surface area contributed by atoms with Gasteiger partial charge in [-0.25, -0.2) is 0 Å². The lowest BCUT2D eigenvalue weighted by Crippen LogP contribution is -2.52. The van der Waals surface area contributed by atoms with E-state index in [4.69, 9.17) is 11.6 Å². The fourth-order valence-electron chi connectivity index (χ4n) is 3.46. The predicted molar refractivity (Wildman–Crippen MR) is 87.5 cm³/mol. The van der Waals surface area contributed by atoms with Gasteiger partial charge in [-0.1, -0.05) is 30.7 Å². The SMILES string of the molecule is CCC(C)(C(NC)c1ccc(C)c(Cl)c1)N1CCCC1. The summed E-state index contributed by atoms with van der Waals surface area (Å²) in [6.07, 6.45) is 3.77. The smallest absolute Gasteiger partial charge is 0.0502 e. The van der Waals surface area contributed by atoms with Crippen molar-refractivity contribution in [1.82, 2.24) is 10.2 Å². The monoisotopic (exact) mass is 294 g/mol. The Morgan fingerprint density at radius 1 is 1.35 bits per heavy atom. The summed E-state index contributed by atoms with van der Waals surface area (Å²) in [5, 5.41) is 4.40. The first kappa shape index (κ1) is 15.8. The van der Waals surface area contributed by atoms with Crippen LogP contribution in [0.3, 0.4) is 0 Å². The van der Waals surface area contributed by atoms with Gasteiger partial charge < -0.3 is 5.32 Å². The molecule has 1 saturated heterocycles. The summed E-state index contributed by atoms with van der Waals surface area (Å²) in [6, 6.07) is 6.78. The van der Waals surface area contributed by atoms with Crippen LogP contribution in [-0.2, 0) is 0 Å². The van der Waals surface area contributed by atoms with Crippen molar-refractivity contribution in [2.24, 2.45) is 0 Å². The highest BCUT2D eigenvalue weighted by atomic mass is 35.5.